The van der Waals surface area contributed by atoms with E-state index in [1.807, 2.05) is 66.7 Å². The molecule has 180 valence electrons. The van der Waals surface area contributed by atoms with Gasteiger partial charge in [-0.15, -0.1) is 4.72 Å². The minimum Gasteiger partial charge on any atom is -0.592 e. The highest BCUT2D eigenvalue weighted by atomic mass is 32.2. The van der Waals surface area contributed by atoms with Gasteiger partial charge >= 0.3 is 5.97 Å². The molecule has 0 spiro atoms. The van der Waals surface area contributed by atoms with Gasteiger partial charge in [0.1, 0.15) is 11.8 Å². The molecule has 8 nitrogen and oxygen atoms in total. The second-order valence-corrected chi connectivity index (χ2v) is 9.93. The Morgan fingerprint density at radius 1 is 1.15 bits per heavy atom. The van der Waals surface area contributed by atoms with Gasteiger partial charge in [-0.05, 0) is 29.3 Å². The van der Waals surface area contributed by atoms with Gasteiger partial charge in [0, 0.05) is 29.3 Å². The van der Waals surface area contributed by atoms with Crippen LogP contribution >= 0.6 is 11.3 Å². The number of nitrogens with zero attached hydrogens (tertiary/aromatic N) is 1. The zero-order valence-corrected chi connectivity index (χ0v) is 20.6. The van der Waals surface area contributed by atoms with Crippen LogP contribution < -0.4 is 21.0 Å². The molecule has 1 heterocycles. The first-order valence-corrected chi connectivity index (χ1v) is 12.4. The van der Waals surface area contributed by atoms with Crippen molar-refractivity contribution in [3.63, 3.8) is 0 Å². The summed E-state index contributed by atoms with van der Waals surface area (Å²) < 4.78 is 26.3. The van der Waals surface area contributed by atoms with E-state index in [0.29, 0.717) is 22.1 Å². The molecule has 3 rings (SSSR count). The van der Waals surface area contributed by atoms with Crippen molar-refractivity contribution in [3.8, 4) is 16.2 Å². The first-order chi connectivity index (χ1) is 16.4. The maximum atomic E-state index is 12.7. The van der Waals surface area contributed by atoms with E-state index >= 15 is 0 Å². The summed E-state index contributed by atoms with van der Waals surface area (Å²) in [6.07, 6.45) is 1.76. The van der Waals surface area contributed by atoms with Gasteiger partial charge in [0.25, 0.3) is 0 Å². The molecule has 1 aromatic heterocycles. The second kappa shape index (κ2) is 12.4. The van der Waals surface area contributed by atoms with Crippen LogP contribution in [0.3, 0.4) is 0 Å². The number of nitrogens with two attached hydrogens (primary N) is 2. The summed E-state index contributed by atoms with van der Waals surface area (Å²) in [6, 6.07) is 20.2. The number of thiophene rings is 1. The van der Waals surface area contributed by atoms with E-state index in [2.05, 4.69) is 4.72 Å². The molecule has 0 bridgehead atoms. The molecule has 0 radical (unpaired) electrons. The van der Waals surface area contributed by atoms with Gasteiger partial charge in [-0.3, -0.25) is 0 Å². The first-order valence-electron chi connectivity index (χ1n) is 10.4. The Hall–Kier alpha value is -3.02. The number of ether oxygens (including phenoxy) is 2. The summed E-state index contributed by atoms with van der Waals surface area (Å²) in [7, 11) is 2.89. The molecule has 0 amide bonds. The fraction of sp³-hybridized carbons (Fsp3) is 0.208. The van der Waals surface area contributed by atoms with E-state index in [-0.39, 0.29) is 6.54 Å². The van der Waals surface area contributed by atoms with Crippen LogP contribution in [0.25, 0.3) is 10.4 Å². The molecule has 34 heavy (non-hydrogen) atoms. The zero-order valence-electron chi connectivity index (χ0n) is 19.0. The number of rotatable bonds is 11. The van der Waals surface area contributed by atoms with Gasteiger partial charge in [0.05, 0.1) is 32.1 Å². The van der Waals surface area contributed by atoms with E-state index in [9.17, 15) is 9.35 Å². The summed E-state index contributed by atoms with van der Waals surface area (Å²) in [5.74, 6) is 6.36. The molecule has 0 aliphatic heterocycles. The number of carbonyl (C=O) groups excluding carboxylic acids is 1. The van der Waals surface area contributed by atoms with Crippen molar-refractivity contribution in [2.75, 3.05) is 20.8 Å². The summed E-state index contributed by atoms with van der Waals surface area (Å²) in [4.78, 5) is 13.4. The molecule has 0 aliphatic rings. The van der Waals surface area contributed by atoms with Crippen LogP contribution in [0.4, 0.5) is 0 Å². The molecule has 5 N–H and O–H groups in total. The third-order valence-corrected chi connectivity index (χ3v) is 7.51. The lowest BCUT2D eigenvalue weighted by Gasteiger charge is -2.24. The van der Waals surface area contributed by atoms with Gasteiger partial charge in [-0.1, -0.05) is 53.8 Å². The lowest BCUT2D eigenvalue weighted by atomic mass is 10.1. The largest absolute Gasteiger partial charge is 0.592 e. The van der Waals surface area contributed by atoms with Crippen molar-refractivity contribution in [2.45, 2.75) is 16.7 Å². The number of methoxy groups -OCH3 is 2. The maximum Gasteiger partial charge on any atom is 0.330 e. The van der Waals surface area contributed by atoms with Gasteiger partial charge < -0.3 is 24.8 Å². The van der Waals surface area contributed by atoms with E-state index < -0.39 is 23.4 Å². The monoisotopic (exact) mass is 500 g/mol. The minimum absolute atomic E-state index is 0.120. The van der Waals surface area contributed by atoms with Crippen LogP contribution in [-0.2, 0) is 27.3 Å². The SMILES string of the molecule is COC(=O)[C@H](Cc1ccc(OC)cc1)N(N)/C=C(\N)CN[S+]([O-])c1ccc(-c2ccccc2)s1. The number of hydrazine groups is 1. The Kier molecular flexibility index (Phi) is 9.37. The molecule has 10 heteroatoms. The molecule has 0 saturated carbocycles. The Balaban J connectivity index is 1.60. The Morgan fingerprint density at radius 2 is 1.85 bits per heavy atom. The van der Waals surface area contributed by atoms with Crippen molar-refractivity contribution >= 4 is 28.7 Å². The van der Waals surface area contributed by atoms with Gasteiger partial charge in [-0.2, -0.15) is 0 Å². The van der Waals surface area contributed by atoms with Crippen LogP contribution in [0.5, 0.6) is 5.75 Å². The van der Waals surface area contributed by atoms with Gasteiger partial charge in [-0.25, -0.2) is 10.6 Å². The fourth-order valence-electron chi connectivity index (χ4n) is 3.16. The minimum atomic E-state index is -1.44. The summed E-state index contributed by atoms with van der Waals surface area (Å²) >= 11 is 0.00434. The highest BCUT2D eigenvalue weighted by Gasteiger charge is 2.24. The van der Waals surface area contributed by atoms with E-state index in [0.717, 1.165) is 16.0 Å². The predicted octanol–water partition coefficient (Wildman–Crippen LogP) is 2.80. The third-order valence-electron chi connectivity index (χ3n) is 4.97. The van der Waals surface area contributed by atoms with Crippen LogP contribution in [0, 0.1) is 0 Å². The average Bonchev–Trinajstić information content (AvgIpc) is 3.37. The third kappa shape index (κ3) is 6.99. The Bertz CT molecular complexity index is 1090. The second-order valence-electron chi connectivity index (χ2n) is 7.32. The van der Waals surface area contributed by atoms with Crippen molar-refractivity contribution < 1.29 is 18.8 Å². The molecule has 2 aromatic carbocycles. The molecule has 3 aromatic rings. The molecule has 0 saturated heterocycles. The number of carbonyl (C=O) groups is 1. The summed E-state index contributed by atoms with van der Waals surface area (Å²) in [5, 5.41) is 1.22. The Morgan fingerprint density at radius 3 is 2.50 bits per heavy atom. The number of benzene rings is 2. The van der Waals surface area contributed by atoms with Crippen molar-refractivity contribution in [1.29, 1.82) is 0 Å². The summed E-state index contributed by atoms with van der Waals surface area (Å²) in [5.41, 5.74) is 8.35. The lowest BCUT2D eigenvalue weighted by Crippen LogP contribution is -2.45. The number of hydrogen-bond donors (Lipinski definition) is 3. The Labute approximate surface area is 206 Å². The molecule has 0 aliphatic carbocycles. The van der Waals surface area contributed by atoms with Crippen LogP contribution in [0.1, 0.15) is 5.56 Å². The molecule has 1 unspecified atom stereocenters. The predicted molar refractivity (Wildman–Crippen MR) is 135 cm³/mol. The molecule has 0 fully saturated rings. The smallest absolute Gasteiger partial charge is 0.330 e. The van der Waals surface area contributed by atoms with E-state index in [4.69, 9.17) is 21.1 Å². The van der Waals surface area contributed by atoms with Crippen molar-refractivity contribution in [3.05, 3.63) is 84.2 Å². The zero-order chi connectivity index (χ0) is 24.5. The number of esters is 1. The van der Waals surface area contributed by atoms with Crippen LogP contribution in [-0.4, -0.2) is 42.3 Å². The normalized spacial score (nSPS) is 13.2. The molecular weight excluding hydrogens is 472 g/mol. The standard InChI is InChI=1S/C24H28N4O4S2/c1-31-20-10-8-17(9-11-20)14-21(24(29)32-2)28(26)16-19(25)15-27-34(30)23-13-12-22(33-23)18-6-4-3-5-7-18/h3-13,16,21,27H,14-15,25-26H2,1-2H3/b19-16-/t21-,34?/m0/s1. The maximum absolute atomic E-state index is 12.7. The molecular formula is C24H28N4O4S2. The number of nitrogens with one attached hydrogen (secondary N) is 1. The van der Waals surface area contributed by atoms with Gasteiger partial charge in [0.2, 0.25) is 4.21 Å². The van der Waals surface area contributed by atoms with E-state index in [1.54, 1.807) is 7.11 Å². The number of hydrogen-bond acceptors (Lipinski definition) is 9. The lowest BCUT2D eigenvalue weighted by molar-refractivity contribution is -0.146. The van der Waals surface area contributed by atoms with Crippen molar-refractivity contribution in [2.24, 2.45) is 11.6 Å². The first kappa shape index (κ1) is 25.6. The van der Waals surface area contributed by atoms with Crippen LogP contribution in [0.2, 0.25) is 0 Å². The topological polar surface area (TPSA) is 126 Å². The van der Waals surface area contributed by atoms with Gasteiger partial charge in [0.15, 0.2) is 0 Å². The van der Waals surface area contributed by atoms with Crippen LogP contribution in [0.15, 0.2) is 82.8 Å². The summed E-state index contributed by atoms with van der Waals surface area (Å²) in [6.45, 7) is 0.120. The van der Waals surface area contributed by atoms with Crippen molar-refractivity contribution in [1.82, 2.24) is 9.73 Å². The van der Waals surface area contributed by atoms with E-state index in [1.165, 1.54) is 29.7 Å². The quantitative estimate of drug-likeness (QED) is 0.159. The average molecular weight is 501 g/mol. The fourth-order valence-corrected chi connectivity index (χ4v) is 5.28. The highest BCUT2D eigenvalue weighted by Crippen LogP contribution is 2.30. The molecule has 2 atom stereocenters. The highest BCUT2D eigenvalue weighted by molar-refractivity contribution is 7.91.